The smallest absolute Gasteiger partial charge is 0.158 e. The van der Waals surface area contributed by atoms with Gasteiger partial charge in [-0.3, -0.25) is 0 Å². The van der Waals surface area contributed by atoms with Crippen molar-refractivity contribution in [3.05, 3.63) is 30.0 Å². The Hall–Kier alpha value is -1.52. The third-order valence-corrected chi connectivity index (χ3v) is 4.35. The fraction of sp³-hybridized carbons (Fsp3) is 0.500. The van der Waals surface area contributed by atoms with E-state index in [0.29, 0.717) is 24.6 Å². The zero-order valence-corrected chi connectivity index (χ0v) is 11.9. The number of likely N-dealkylation sites (N-methyl/N-ethyl adjacent to an activating group) is 1. The summed E-state index contributed by atoms with van der Waals surface area (Å²) >= 11 is 0. The maximum atomic E-state index is 6.01. The van der Waals surface area contributed by atoms with Crippen LogP contribution in [0, 0.1) is 5.92 Å². The molecule has 2 bridgehead atoms. The van der Waals surface area contributed by atoms with Crippen molar-refractivity contribution in [2.45, 2.75) is 25.0 Å². The van der Waals surface area contributed by atoms with Crippen molar-refractivity contribution in [2.24, 2.45) is 10.9 Å². The first-order valence-electron chi connectivity index (χ1n) is 7.18. The molecule has 0 amide bonds. The van der Waals surface area contributed by atoms with Crippen molar-refractivity contribution >= 4 is 18.6 Å². The highest BCUT2D eigenvalue weighted by molar-refractivity contribution is 5.62. The predicted octanol–water partition coefficient (Wildman–Crippen LogP) is 2.54. The standard InChI is InChI=1S/C16H21N3O/c1-17-16-13(5-3-7-18-16)6-4-8-20-15-10-12-9-14(15)19(2)11-12/h3-7,12,14-15H,1,8-11H2,2H3/b6-4-. The molecule has 1 saturated carbocycles. The second-order valence-electron chi connectivity index (χ2n) is 5.69. The van der Waals surface area contributed by atoms with Gasteiger partial charge in [0.15, 0.2) is 5.82 Å². The fourth-order valence-electron chi connectivity index (χ4n) is 3.44. The average Bonchev–Trinajstić information content (AvgIpc) is 3.02. The third kappa shape index (κ3) is 2.67. The third-order valence-electron chi connectivity index (χ3n) is 4.35. The molecule has 0 radical (unpaired) electrons. The van der Waals surface area contributed by atoms with E-state index >= 15 is 0 Å². The lowest BCUT2D eigenvalue weighted by molar-refractivity contribution is 0.0112. The Morgan fingerprint density at radius 1 is 1.55 bits per heavy atom. The SMILES string of the molecule is C=Nc1ncccc1/C=C\COC1CC2CC1N(C)C2. The number of ether oxygens (including phenoxy) is 1. The summed E-state index contributed by atoms with van der Waals surface area (Å²) < 4.78 is 6.01. The lowest BCUT2D eigenvalue weighted by atomic mass is 10.1. The minimum Gasteiger partial charge on any atom is -0.373 e. The van der Waals surface area contributed by atoms with Crippen LogP contribution in [-0.4, -0.2) is 48.9 Å². The van der Waals surface area contributed by atoms with Crippen LogP contribution in [-0.2, 0) is 4.74 Å². The topological polar surface area (TPSA) is 37.7 Å². The molecule has 2 aliphatic rings. The molecule has 1 aromatic rings. The molecule has 2 fully saturated rings. The maximum Gasteiger partial charge on any atom is 0.158 e. The van der Waals surface area contributed by atoms with E-state index in [1.165, 1.54) is 19.4 Å². The van der Waals surface area contributed by atoms with Gasteiger partial charge in [-0.05, 0) is 44.7 Å². The number of aliphatic imine (C=N–C) groups is 1. The summed E-state index contributed by atoms with van der Waals surface area (Å²) in [5, 5.41) is 0. The molecule has 1 aliphatic carbocycles. The number of pyridine rings is 1. The van der Waals surface area contributed by atoms with E-state index in [1.54, 1.807) is 6.20 Å². The van der Waals surface area contributed by atoms with Gasteiger partial charge in [-0.15, -0.1) is 0 Å². The summed E-state index contributed by atoms with van der Waals surface area (Å²) in [5.74, 6) is 1.51. The van der Waals surface area contributed by atoms with Gasteiger partial charge < -0.3 is 9.64 Å². The number of fused-ring (bicyclic) bond motifs is 2. The van der Waals surface area contributed by atoms with Gasteiger partial charge >= 0.3 is 0 Å². The molecule has 0 aromatic carbocycles. The molecule has 0 N–H and O–H groups in total. The molecule has 0 spiro atoms. The van der Waals surface area contributed by atoms with Crippen molar-refractivity contribution in [1.82, 2.24) is 9.88 Å². The molecule has 1 aliphatic heterocycles. The van der Waals surface area contributed by atoms with Crippen LogP contribution in [0.2, 0.25) is 0 Å². The number of piperidine rings is 1. The Morgan fingerprint density at radius 3 is 3.20 bits per heavy atom. The molecule has 3 atom stereocenters. The first-order valence-corrected chi connectivity index (χ1v) is 7.18. The summed E-state index contributed by atoms with van der Waals surface area (Å²) in [5.41, 5.74) is 0.983. The number of hydrogen-bond acceptors (Lipinski definition) is 4. The largest absolute Gasteiger partial charge is 0.373 e. The minimum absolute atomic E-state index is 0.397. The summed E-state index contributed by atoms with van der Waals surface area (Å²) in [6.45, 7) is 5.42. The van der Waals surface area contributed by atoms with Crippen molar-refractivity contribution in [1.29, 1.82) is 0 Å². The average molecular weight is 271 g/mol. The Morgan fingerprint density at radius 2 is 2.45 bits per heavy atom. The molecule has 20 heavy (non-hydrogen) atoms. The molecule has 106 valence electrons. The Bertz CT molecular complexity index is 514. The number of nitrogens with zero attached hydrogens (tertiary/aromatic N) is 3. The molecular weight excluding hydrogens is 250 g/mol. The lowest BCUT2D eigenvalue weighted by Gasteiger charge is -2.29. The normalized spacial score (nSPS) is 29.4. The van der Waals surface area contributed by atoms with Gasteiger partial charge in [-0.1, -0.05) is 12.2 Å². The number of rotatable bonds is 5. The quantitative estimate of drug-likeness (QED) is 0.772. The fourth-order valence-corrected chi connectivity index (χ4v) is 3.44. The highest BCUT2D eigenvalue weighted by Crippen LogP contribution is 2.38. The predicted molar refractivity (Wildman–Crippen MR) is 81.4 cm³/mol. The molecule has 4 nitrogen and oxygen atoms in total. The van der Waals surface area contributed by atoms with Crippen LogP contribution in [0.15, 0.2) is 29.4 Å². The first-order chi connectivity index (χ1) is 9.78. The number of hydrogen-bond donors (Lipinski definition) is 0. The highest BCUT2D eigenvalue weighted by Gasteiger charge is 2.43. The van der Waals surface area contributed by atoms with Crippen LogP contribution in [0.4, 0.5) is 5.82 Å². The van der Waals surface area contributed by atoms with E-state index in [0.717, 1.165) is 11.5 Å². The Kier molecular flexibility index (Phi) is 3.94. The lowest BCUT2D eigenvalue weighted by Crippen LogP contribution is -2.39. The monoisotopic (exact) mass is 271 g/mol. The molecule has 3 unspecified atom stereocenters. The van der Waals surface area contributed by atoms with Crippen molar-refractivity contribution in [2.75, 3.05) is 20.2 Å². The van der Waals surface area contributed by atoms with Crippen LogP contribution in [0.3, 0.4) is 0 Å². The minimum atomic E-state index is 0.397. The Balaban J connectivity index is 1.53. The summed E-state index contributed by atoms with van der Waals surface area (Å²) in [7, 11) is 2.20. The maximum absolute atomic E-state index is 6.01. The molecule has 2 heterocycles. The molecule has 3 rings (SSSR count). The van der Waals surface area contributed by atoms with E-state index in [-0.39, 0.29) is 0 Å². The van der Waals surface area contributed by atoms with Gasteiger partial charge in [0.25, 0.3) is 0 Å². The summed E-state index contributed by atoms with van der Waals surface area (Å²) in [6, 6.07) is 4.51. The Labute approximate surface area is 120 Å². The van der Waals surface area contributed by atoms with Gasteiger partial charge in [-0.2, -0.15) is 0 Å². The number of aromatic nitrogens is 1. The van der Waals surface area contributed by atoms with E-state index in [1.807, 2.05) is 24.3 Å². The highest BCUT2D eigenvalue weighted by atomic mass is 16.5. The van der Waals surface area contributed by atoms with E-state index in [2.05, 4.69) is 28.6 Å². The molecule has 1 saturated heterocycles. The van der Waals surface area contributed by atoms with Crippen molar-refractivity contribution in [3.8, 4) is 0 Å². The van der Waals surface area contributed by atoms with Crippen LogP contribution >= 0.6 is 0 Å². The summed E-state index contributed by atoms with van der Waals surface area (Å²) in [4.78, 5) is 10.5. The van der Waals surface area contributed by atoms with Crippen LogP contribution in [0.25, 0.3) is 6.08 Å². The van der Waals surface area contributed by atoms with E-state index in [9.17, 15) is 0 Å². The van der Waals surface area contributed by atoms with Crippen molar-refractivity contribution < 1.29 is 4.74 Å². The summed E-state index contributed by atoms with van der Waals surface area (Å²) in [6.07, 6.45) is 8.69. The van der Waals surface area contributed by atoms with Gasteiger partial charge in [0.1, 0.15) is 0 Å². The van der Waals surface area contributed by atoms with Gasteiger partial charge in [-0.25, -0.2) is 9.98 Å². The van der Waals surface area contributed by atoms with Crippen molar-refractivity contribution in [3.63, 3.8) is 0 Å². The second kappa shape index (κ2) is 5.85. The van der Waals surface area contributed by atoms with Gasteiger partial charge in [0.2, 0.25) is 0 Å². The molecular formula is C16H21N3O. The van der Waals surface area contributed by atoms with Crippen LogP contribution in [0.1, 0.15) is 18.4 Å². The molecule has 4 heteroatoms. The molecule has 1 aromatic heterocycles. The van der Waals surface area contributed by atoms with Gasteiger partial charge in [0, 0.05) is 24.3 Å². The first kappa shape index (κ1) is 13.5. The van der Waals surface area contributed by atoms with Crippen LogP contribution < -0.4 is 0 Å². The number of likely N-dealkylation sites (tertiary alicyclic amines) is 1. The zero-order chi connectivity index (χ0) is 13.9. The van der Waals surface area contributed by atoms with Crippen LogP contribution in [0.5, 0.6) is 0 Å². The zero-order valence-electron chi connectivity index (χ0n) is 11.9. The van der Waals surface area contributed by atoms with E-state index < -0.39 is 0 Å². The van der Waals surface area contributed by atoms with Gasteiger partial charge in [0.05, 0.1) is 12.7 Å². The second-order valence-corrected chi connectivity index (χ2v) is 5.69. The van der Waals surface area contributed by atoms with E-state index in [4.69, 9.17) is 4.74 Å².